The molecule has 1 aliphatic rings. The molecule has 1 aromatic carbocycles. The van der Waals surface area contributed by atoms with Crippen molar-refractivity contribution in [2.24, 2.45) is 0 Å². The van der Waals surface area contributed by atoms with Gasteiger partial charge in [-0.05, 0) is 37.6 Å². The maximum absolute atomic E-state index is 5.97. The van der Waals surface area contributed by atoms with E-state index in [0.29, 0.717) is 6.10 Å². The zero-order chi connectivity index (χ0) is 11.4. The van der Waals surface area contributed by atoms with Gasteiger partial charge in [0, 0.05) is 6.54 Å². The molecule has 3 nitrogen and oxygen atoms in total. The van der Waals surface area contributed by atoms with Crippen molar-refractivity contribution in [2.75, 3.05) is 20.2 Å². The Balaban J connectivity index is 1.94. The van der Waals surface area contributed by atoms with Crippen LogP contribution in [0.5, 0.6) is 5.75 Å². The molecular formula is C13H19NO2. The fourth-order valence-corrected chi connectivity index (χ4v) is 1.99. The van der Waals surface area contributed by atoms with E-state index in [1.807, 2.05) is 12.1 Å². The molecule has 16 heavy (non-hydrogen) atoms. The molecule has 1 aliphatic heterocycles. The minimum absolute atomic E-state index is 0.149. The van der Waals surface area contributed by atoms with Crippen LogP contribution >= 0.6 is 0 Å². The Hall–Kier alpha value is -1.06. The molecule has 1 heterocycles. The third kappa shape index (κ3) is 2.74. The van der Waals surface area contributed by atoms with E-state index >= 15 is 0 Å². The first kappa shape index (κ1) is 11.4. The van der Waals surface area contributed by atoms with Gasteiger partial charge in [-0.2, -0.15) is 0 Å². The van der Waals surface area contributed by atoms with Crippen molar-refractivity contribution in [3.05, 3.63) is 29.8 Å². The fraction of sp³-hybridized carbons (Fsp3) is 0.538. The van der Waals surface area contributed by atoms with E-state index < -0.39 is 0 Å². The van der Waals surface area contributed by atoms with E-state index in [4.69, 9.17) is 9.47 Å². The molecule has 2 rings (SSSR count). The van der Waals surface area contributed by atoms with E-state index in [0.717, 1.165) is 25.3 Å². The van der Waals surface area contributed by atoms with Crippen molar-refractivity contribution in [3.63, 3.8) is 0 Å². The van der Waals surface area contributed by atoms with Crippen LogP contribution in [-0.2, 0) is 4.74 Å². The van der Waals surface area contributed by atoms with Gasteiger partial charge in [0.25, 0.3) is 0 Å². The average Bonchev–Trinajstić information content (AvgIpc) is 2.82. The van der Waals surface area contributed by atoms with Gasteiger partial charge in [-0.25, -0.2) is 0 Å². The number of methoxy groups -OCH3 is 1. The molecule has 0 saturated carbocycles. The third-order valence-electron chi connectivity index (χ3n) is 3.00. The fourth-order valence-electron chi connectivity index (χ4n) is 1.99. The summed E-state index contributed by atoms with van der Waals surface area (Å²) in [7, 11) is 1.68. The highest BCUT2D eigenvalue weighted by atomic mass is 16.5. The van der Waals surface area contributed by atoms with Crippen LogP contribution in [0.1, 0.15) is 25.0 Å². The lowest BCUT2D eigenvalue weighted by atomic mass is 10.1. The molecule has 1 N–H and O–H groups in total. The number of hydrogen-bond acceptors (Lipinski definition) is 3. The number of rotatable bonds is 4. The summed E-state index contributed by atoms with van der Waals surface area (Å²) in [6, 6.07) is 8.07. The van der Waals surface area contributed by atoms with Crippen molar-refractivity contribution >= 4 is 0 Å². The van der Waals surface area contributed by atoms with Gasteiger partial charge in [-0.3, -0.25) is 0 Å². The van der Waals surface area contributed by atoms with E-state index in [2.05, 4.69) is 24.4 Å². The van der Waals surface area contributed by atoms with Gasteiger partial charge < -0.3 is 14.8 Å². The monoisotopic (exact) mass is 221 g/mol. The van der Waals surface area contributed by atoms with Crippen molar-refractivity contribution in [3.8, 4) is 5.75 Å². The van der Waals surface area contributed by atoms with Gasteiger partial charge in [-0.1, -0.05) is 12.1 Å². The highest BCUT2D eigenvalue weighted by Crippen LogP contribution is 2.22. The highest BCUT2D eigenvalue weighted by molar-refractivity contribution is 5.28. The summed E-state index contributed by atoms with van der Waals surface area (Å²) in [6.45, 7) is 4.14. The van der Waals surface area contributed by atoms with Crippen molar-refractivity contribution in [2.45, 2.75) is 25.6 Å². The average molecular weight is 221 g/mol. The van der Waals surface area contributed by atoms with E-state index in [1.54, 1.807) is 7.11 Å². The van der Waals surface area contributed by atoms with Crippen LogP contribution in [0.15, 0.2) is 24.3 Å². The Kier molecular flexibility index (Phi) is 3.80. The quantitative estimate of drug-likeness (QED) is 0.845. The Morgan fingerprint density at radius 3 is 2.62 bits per heavy atom. The summed E-state index contributed by atoms with van der Waals surface area (Å²) >= 11 is 0. The molecule has 3 heteroatoms. The lowest BCUT2D eigenvalue weighted by Gasteiger charge is -2.18. The molecule has 1 saturated heterocycles. The second kappa shape index (κ2) is 5.32. The molecule has 0 unspecified atom stereocenters. The van der Waals surface area contributed by atoms with Gasteiger partial charge in [0.2, 0.25) is 0 Å². The standard InChI is InChI=1S/C13H19NO2/c1-10(16-13-7-8-14-9-13)11-3-5-12(15-2)6-4-11/h3-6,10,13-14H,7-9H2,1-2H3/t10-,13+/m1/s1. The van der Waals surface area contributed by atoms with Crippen LogP contribution in [0.2, 0.25) is 0 Å². The minimum Gasteiger partial charge on any atom is -0.497 e. The Morgan fingerprint density at radius 2 is 2.06 bits per heavy atom. The normalized spacial score (nSPS) is 22.0. The number of benzene rings is 1. The van der Waals surface area contributed by atoms with Gasteiger partial charge in [-0.15, -0.1) is 0 Å². The molecule has 0 spiro atoms. The van der Waals surface area contributed by atoms with Crippen LogP contribution in [0.3, 0.4) is 0 Å². The summed E-state index contributed by atoms with van der Waals surface area (Å²) < 4.78 is 11.1. The molecule has 1 aromatic rings. The van der Waals surface area contributed by atoms with E-state index in [1.165, 1.54) is 5.56 Å². The van der Waals surface area contributed by atoms with Crippen molar-refractivity contribution in [1.29, 1.82) is 0 Å². The molecule has 0 amide bonds. The molecule has 1 fully saturated rings. The molecule has 0 radical (unpaired) electrons. The summed E-state index contributed by atoms with van der Waals surface area (Å²) in [4.78, 5) is 0. The van der Waals surface area contributed by atoms with Crippen LogP contribution in [0.25, 0.3) is 0 Å². The summed E-state index contributed by atoms with van der Waals surface area (Å²) in [6.07, 6.45) is 1.62. The zero-order valence-corrected chi connectivity index (χ0v) is 9.90. The smallest absolute Gasteiger partial charge is 0.118 e. The molecule has 2 atom stereocenters. The first-order chi connectivity index (χ1) is 7.79. The van der Waals surface area contributed by atoms with Gasteiger partial charge >= 0.3 is 0 Å². The highest BCUT2D eigenvalue weighted by Gasteiger charge is 2.18. The molecule has 88 valence electrons. The van der Waals surface area contributed by atoms with Crippen molar-refractivity contribution < 1.29 is 9.47 Å². The molecule has 0 aromatic heterocycles. The van der Waals surface area contributed by atoms with Crippen LogP contribution in [-0.4, -0.2) is 26.3 Å². The number of hydrogen-bond donors (Lipinski definition) is 1. The summed E-state index contributed by atoms with van der Waals surface area (Å²) in [5.41, 5.74) is 1.20. The zero-order valence-electron chi connectivity index (χ0n) is 9.90. The maximum Gasteiger partial charge on any atom is 0.118 e. The van der Waals surface area contributed by atoms with Gasteiger partial charge in [0.15, 0.2) is 0 Å². The van der Waals surface area contributed by atoms with Gasteiger partial charge in [0.1, 0.15) is 5.75 Å². The van der Waals surface area contributed by atoms with Crippen LogP contribution < -0.4 is 10.1 Å². The summed E-state index contributed by atoms with van der Waals surface area (Å²) in [5.74, 6) is 0.887. The minimum atomic E-state index is 0.149. The topological polar surface area (TPSA) is 30.5 Å². The van der Waals surface area contributed by atoms with Crippen LogP contribution in [0, 0.1) is 0 Å². The summed E-state index contributed by atoms with van der Waals surface area (Å²) in [5, 5.41) is 3.30. The second-order valence-electron chi connectivity index (χ2n) is 4.17. The van der Waals surface area contributed by atoms with Gasteiger partial charge in [0.05, 0.1) is 19.3 Å². The lowest BCUT2D eigenvalue weighted by molar-refractivity contribution is 0.00827. The lowest BCUT2D eigenvalue weighted by Crippen LogP contribution is -2.18. The molecule has 0 aliphatic carbocycles. The maximum atomic E-state index is 5.97. The SMILES string of the molecule is COc1ccc([C@@H](C)O[C@H]2CCNC2)cc1. The van der Waals surface area contributed by atoms with Crippen LogP contribution in [0.4, 0.5) is 0 Å². The largest absolute Gasteiger partial charge is 0.497 e. The number of nitrogens with one attached hydrogen (secondary N) is 1. The second-order valence-corrected chi connectivity index (χ2v) is 4.17. The first-order valence-corrected chi connectivity index (χ1v) is 5.79. The predicted molar refractivity (Wildman–Crippen MR) is 63.8 cm³/mol. The van der Waals surface area contributed by atoms with E-state index in [-0.39, 0.29) is 6.10 Å². The molecular weight excluding hydrogens is 202 g/mol. The third-order valence-corrected chi connectivity index (χ3v) is 3.00. The number of ether oxygens (including phenoxy) is 2. The Morgan fingerprint density at radius 1 is 1.31 bits per heavy atom. The predicted octanol–water partition coefficient (Wildman–Crippen LogP) is 2.13. The Labute approximate surface area is 96.8 Å². The Bertz CT molecular complexity index is 317. The molecule has 0 bridgehead atoms. The van der Waals surface area contributed by atoms with E-state index in [9.17, 15) is 0 Å². The first-order valence-electron chi connectivity index (χ1n) is 5.79. The van der Waals surface area contributed by atoms with Crippen molar-refractivity contribution in [1.82, 2.24) is 5.32 Å².